The quantitative estimate of drug-likeness (QED) is 0.485. The summed E-state index contributed by atoms with van der Waals surface area (Å²) in [6.07, 6.45) is 6.79. The molecule has 0 N–H and O–H groups in total. The van der Waals surface area contributed by atoms with E-state index in [0.717, 1.165) is 22.9 Å². The average Bonchev–Trinajstić information content (AvgIpc) is 1.97. The van der Waals surface area contributed by atoms with Gasteiger partial charge < -0.3 is 0 Å². The minimum absolute atomic E-state index is 0.780. The van der Waals surface area contributed by atoms with Gasteiger partial charge in [0.1, 0.15) is 0 Å². The second kappa shape index (κ2) is 6.08. The third-order valence-corrected chi connectivity index (χ3v) is 1.29. The van der Waals surface area contributed by atoms with Crippen LogP contribution in [0, 0.1) is 12.3 Å². The van der Waals surface area contributed by atoms with Gasteiger partial charge in [0.05, 0.1) is 0 Å². The third kappa shape index (κ3) is 7.23. The Morgan fingerprint density at radius 3 is 2.45 bits per heavy atom. The van der Waals surface area contributed by atoms with Gasteiger partial charge in [0.2, 0.25) is 0 Å². The lowest BCUT2D eigenvalue weighted by molar-refractivity contribution is 1.01. The molecule has 0 bridgehead atoms. The van der Waals surface area contributed by atoms with Crippen LogP contribution in [0.15, 0.2) is 21.5 Å². The van der Waals surface area contributed by atoms with E-state index >= 15 is 0 Å². The predicted molar refractivity (Wildman–Crippen MR) is 52.4 cm³/mol. The first-order valence-electron chi connectivity index (χ1n) is 3.43. The van der Waals surface area contributed by atoms with Gasteiger partial charge in [-0.3, -0.25) is 0 Å². The van der Waals surface area contributed by atoms with Crippen LogP contribution in [0.25, 0.3) is 0 Å². The van der Waals surface area contributed by atoms with Gasteiger partial charge in [-0.1, -0.05) is 11.5 Å². The van der Waals surface area contributed by atoms with Crippen molar-refractivity contribution in [3.63, 3.8) is 0 Å². The summed E-state index contributed by atoms with van der Waals surface area (Å²) in [5.74, 6) is 2.58. The molecule has 0 rings (SSSR count). The minimum Gasteiger partial charge on any atom is -0.120 e. The van der Waals surface area contributed by atoms with E-state index < -0.39 is 0 Å². The van der Waals surface area contributed by atoms with Crippen molar-refractivity contribution in [2.45, 2.75) is 26.7 Å². The van der Waals surface area contributed by atoms with Crippen LogP contribution in [0.1, 0.15) is 26.7 Å². The number of terminal acetylenes is 1. The molecule has 0 aliphatic rings. The number of hydrogen-bond donors (Lipinski definition) is 0. The van der Waals surface area contributed by atoms with Crippen LogP contribution in [0.4, 0.5) is 0 Å². The molecule has 58 valence electrons. The molecule has 0 spiro atoms. The largest absolute Gasteiger partial charge is 0.120 e. The SMILES string of the molecule is C#CCCC(C)=C=C=C(C)Br. The molecule has 0 heterocycles. The molecule has 0 aromatic rings. The van der Waals surface area contributed by atoms with Crippen molar-refractivity contribution in [1.82, 2.24) is 0 Å². The van der Waals surface area contributed by atoms with Crippen molar-refractivity contribution >= 4 is 15.9 Å². The second-order valence-electron chi connectivity index (χ2n) is 2.27. The van der Waals surface area contributed by atoms with E-state index in [1.807, 2.05) is 13.8 Å². The summed E-state index contributed by atoms with van der Waals surface area (Å²) < 4.78 is 0.956. The molecule has 0 saturated heterocycles. The highest BCUT2D eigenvalue weighted by Gasteiger charge is 1.83. The number of allylic oxidation sites excluding steroid dienone is 2. The maximum Gasteiger partial charge on any atom is 0.0421 e. The molecule has 0 nitrogen and oxygen atoms in total. The molecular weight excluding hydrogens is 200 g/mol. The normalized spacial score (nSPS) is 7.45. The topological polar surface area (TPSA) is 0 Å². The van der Waals surface area contributed by atoms with Crippen molar-refractivity contribution < 1.29 is 0 Å². The van der Waals surface area contributed by atoms with Gasteiger partial charge in [-0.05, 0) is 41.8 Å². The van der Waals surface area contributed by atoms with Crippen molar-refractivity contribution in [2.75, 3.05) is 0 Å². The molecule has 0 aromatic carbocycles. The minimum atomic E-state index is 0.780. The van der Waals surface area contributed by atoms with Gasteiger partial charge >= 0.3 is 0 Å². The summed E-state index contributed by atoms with van der Waals surface area (Å²) in [6.45, 7) is 3.92. The van der Waals surface area contributed by atoms with Crippen LogP contribution in [0.5, 0.6) is 0 Å². The first kappa shape index (κ1) is 10.3. The molecule has 0 aliphatic heterocycles. The lowest BCUT2D eigenvalue weighted by Gasteiger charge is -1.87. The summed E-state index contributed by atoms with van der Waals surface area (Å²) in [4.78, 5) is 0. The maximum atomic E-state index is 5.11. The van der Waals surface area contributed by atoms with Gasteiger partial charge in [0.15, 0.2) is 0 Å². The Balaban J connectivity index is 4.25. The zero-order chi connectivity index (χ0) is 8.69. The Hall–Kier alpha value is -0.660. The maximum absolute atomic E-state index is 5.11. The van der Waals surface area contributed by atoms with Crippen molar-refractivity contribution in [3.8, 4) is 12.3 Å². The zero-order valence-corrected chi connectivity index (χ0v) is 8.46. The average molecular weight is 211 g/mol. The Morgan fingerprint density at radius 2 is 2.00 bits per heavy atom. The fourth-order valence-corrected chi connectivity index (χ4v) is 0.614. The van der Waals surface area contributed by atoms with Crippen LogP contribution in [0.3, 0.4) is 0 Å². The van der Waals surface area contributed by atoms with Crippen LogP contribution in [0.2, 0.25) is 0 Å². The summed E-state index contributed by atoms with van der Waals surface area (Å²) >= 11 is 3.26. The molecular formula is C10H11Br. The number of hydrogen-bond acceptors (Lipinski definition) is 0. The van der Waals surface area contributed by atoms with Crippen LogP contribution in [-0.2, 0) is 0 Å². The van der Waals surface area contributed by atoms with Crippen molar-refractivity contribution in [3.05, 3.63) is 21.5 Å². The summed E-state index contributed by atoms with van der Waals surface area (Å²) in [7, 11) is 0. The monoisotopic (exact) mass is 210 g/mol. The Labute approximate surface area is 76.8 Å². The van der Waals surface area contributed by atoms with Gasteiger partial charge in [-0.15, -0.1) is 12.3 Å². The molecule has 0 unspecified atom stereocenters. The first-order chi connectivity index (χ1) is 5.16. The summed E-state index contributed by atoms with van der Waals surface area (Å²) in [5, 5.41) is 0. The molecule has 0 aromatic heterocycles. The van der Waals surface area contributed by atoms with E-state index in [0.29, 0.717) is 0 Å². The highest BCUT2D eigenvalue weighted by molar-refractivity contribution is 9.11. The highest BCUT2D eigenvalue weighted by atomic mass is 79.9. The van der Waals surface area contributed by atoms with Crippen LogP contribution < -0.4 is 0 Å². The van der Waals surface area contributed by atoms with Crippen molar-refractivity contribution in [2.24, 2.45) is 0 Å². The smallest absolute Gasteiger partial charge is 0.0421 e. The van der Waals surface area contributed by atoms with E-state index in [-0.39, 0.29) is 0 Å². The lowest BCUT2D eigenvalue weighted by Crippen LogP contribution is -1.71. The fraction of sp³-hybridized carbons (Fsp3) is 0.400. The zero-order valence-electron chi connectivity index (χ0n) is 6.87. The second-order valence-corrected chi connectivity index (χ2v) is 3.46. The molecule has 11 heavy (non-hydrogen) atoms. The lowest BCUT2D eigenvalue weighted by atomic mass is 10.2. The predicted octanol–water partition coefficient (Wildman–Crippen LogP) is 3.40. The fourth-order valence-electron chi connectivity index (χ4n) is 0.515. The van der Waals surface area contributed by atoms with Crippen LogP contribution in [-0.4, -0.2) is 0 Å². The molecule has 0 aliphatic carbocycles. The number of halogens is 1. The van der Waals surface area contributed by atoms with E-state index in [2.05, 4.69) is 33.3 Å². The van der Waals surface area contributed by atoms with Gasteiger partial charge in [0.25, 0.3) is 0 Å². The van der Waals surface area contributed by atoms with Crippen LogP contribution >= 0.6 is 15.9 Å². The van der Waals surface area contributed by atoms with E-state index in [4.69, 9.17) is 6.42 Å². The van der Waals surface area contributed by atoms with Gasteiger partial charge in [-0.25, -0.2) is 0 Å². The third-order valence-electron chi connectivity index (χ3n) is 1.09. The standard InChI is InChI=1S/C10H11Br/c1-4-5-6-9(2)7-8-10(3)11/h1H,5-6H2,2-3H3. The molecule has 0 atom stereocenters. The number of rotatable bonds is 2. The Bertz CT molecular complexity index is 249. The first-order valence-corrected chi connectivity index (χ1v) is 4.23. The summed E-state index contributed by atoms with van der Waals surface area (Å²) in [5.41, 5.74) is 7.08. The Kier molecular flexibility index (Phi) is 5.71. The summed E-state index contributed by atoms with van der Waals surface area (Å²) in [6, 6.07) is 0. The molecule has 1 heteroatoms. The highest BCUT2D eigenvalue weighted by Crippen LogP contribution is 2.02. The molecule has 0 amide bonds. The van der Waals surface area contributed by atoms with E-state index in [9.17, 15) is 0 Å². The Morgan fingerprint density at radius 1 is 1.36 bits per heavy atom. The molecule has 0 fully saturated rings. The van der Waals surface area contributed by atoms with E-state index in [1.165, 1.54) is 0 Å². The van der Waals surface area contributed by atoms with Gasteiger partial charge in [0, 0.05) is 10.9 Å². The molecule has 0 saturated carbocycles. The molecule has 0 radical (unpaired) electrons. The van der Waals surface area contributed by atoms with E-state index in [1.54, 1.807) is 0 Å². The van der Waals surface area contributed by atoms with Crippen molar-refractivity contribution in [1.29, 1.82) is 0 Å². The van der Waals surface area contributed by atoms with Gasteiger partial charge in [-0.2, -0.15) is 0 Å².